The summed E-state index contributed by atoms with van der Waals surface area (Å²) in [6.07, 6.45) is 0. The van der Waals surface area contributed by atoms with Gasteiger partial charge in [-0.1, -0.05) is 37.3 Å². The molecule has 0 amide bonds. The molecule has 0 aliphatic rings. The second-order valence-corrected chi connectivity index (χ2v) is 4.66. The molecule has 0 atom stereocenters. The molecule has 2 aromatic carbocycles. The average Bonchev–Trinajstić information content (AvgIpc) is 2.45. The Morgan fingerprint density at radius 1 is 1.05 bits per heavy atom. The molecule has 2 rings (SSSR count). The van der Waals surface area contributed by atoms with Gasteiger partial charge in [-0.2, -0.15) is 0 Å². The number of hydrogen-bond donors (Lipinski definition) is 1. The van der Waals surface area contributed by atoms with E-state index in [1.807, 2.05) is 6.07 Å². The van der Waals surface area contributed by atoms with Crippen LogP contribution < -0.4 is 10.1 Å². The molecule has 1 N–H and O–H groups in total. The van der Waals surface area contributed by atoms with Crippen molar-refractivity contribution < 1.29 is 4.74 Å². The highest BCUT2D eigenvalue weighted by Gasteiger charge is 2.03. The molecule has 2 nitrogen and oxygen atoms in total. The van der Waals surface area contributed by atoms with Gasteiger partial charge >= 0.3 is 0 Å². The summed E-state index contributed by atoms with van der Waals surface area (Å²) in [4.78, 5) is 0. The predicted molar refractivity (Wildman–Crippen MR) is 80.5 cm³/mol. The Labute approximate surface area is 115 Å². The van der Waals surface area contributed by atoms with Crippen LogP contribution in [0.1, 0.15) is 18.1 Å². The molecule has 0 aliphatic carbocycles. The minimum atomic E-state index is 0.907. The van der Waals surface area contributed by atoms with Crippen molar-refractivity contribution in [2.75, 3.05) is 13.7 Å². The number of benzene rings is 2. The fourth-order valence-electron chi connectivity index (χ4n) is 2.16. The molecule has 0 saturated heterocycles. The van der Waals surface area contributed by atoms with Crippen molar-refractivity contribution in [3.05, 3.63) is 53.6 Å². The molecule has 0 spiro atoms. The zero-order valence-electron chi connectivity index (χ0n) is 11.9. The quantitative estimate of drug-likeness (QED) is 0.878. The number of methoxy groups -OCH3 is 1. The van der Waals surface area contributed by atoms with Gasteiger partial charge in [0.05, 0.1) is 7.11 Å². The SMILES string of the molecule is CCNCc1ccc(-c2ccc(OC)cc2C)cc1. The summed E-state index contributed by atoms with van der Waals surface area (Å²) in [6, 6.07) is 14.9. The normalized spacial score (nSPS) is 10.5. The summed E-state index contributed by atoms with van der Waals surface area (Å²) in [5.74, 6) is 0.907. The van der Waals surface area contributed by atoms with Gasteiger partial charge in [-0.05, 0) is 47.9 Å². The number of hydrogen-bond acceptors (Lipinski definition) is 2. The van der Waals surface area contributed by atoms with Crippen molar-refractivity contribution in [1.29, 1.82) is 0 Å². The maximum Gasteiger partial charge on any atom is 0.119 e. The topological polar surface area (TPSA) is 21.3 Å². The lowest BCUT2D eigenvalue weighted by atomic mass is 9.99. The van der Waals surface area contributed by atoms with E-state index >= 15 is 0 Å². The first-order valence-corrected chi connectivity index (χ1v) is 6.69. The lowest BCUT2D eigenvalue weighted by Crippen LogP contribution is -2.11. The molecule has 0 bridgehead atoms. The van der Waals surface area contributed by atoms with Gasteiger partial charge in [0.2, 0.25) is 0 Å². The number of ether oxygens (including phenoxy) is 1. The molecule has 0 fully saturated rings. The van der Waals surface area contributed by atoms with E-state index in [0.717, 1.165) is 18.8 Å². The van der Waals surface area contributed by atoms with Crippen LogP contribution in [-0.4, -0.2) is 13.7 Å². The molecule has 0 radical (unpaired) electrons. The smallest absolute Gasteiger partial charge is 0.119 e. The van der Waals surface area contributed by atoms with Gasteiger partial charge in [0.15, 0.2) is 0 Å². The van der Waals surface area contributed by atoms with Crippen LogP contribution in [0.3, 0.4) is 0 Å². The second kappa shape index (κ2) is 6.39. The molecular weight excluding hydrogens is 234 g/mol. The summed E-state index contributed by atoms with van der Waals surface area (Å²) >= 11 is 0. The van der Waals surface area contributed by atoms with Crippen LogP contribution in [0.25, 0.3) is 11.1 Å². The largest absolute Gasteiger partial charge is 0.497 e. The van der Waals surface area contributed by atoms with Crippen molar-refractivity contribution in [3.63, 3.8) is 0 Å². The van der Waals surface area contributed by atoms with E-state index < -0.39 is 0 Å². The minimum absolute atomic E-state index is 0.907. The van der Waals surface area contributed by atoms with Gasteiger partial charge in [-0.15, -0.1) is 0 Å². The van der Waals surface area contributed by atoms with Crippen molar-refractivity contribution in [2.45, 2.75) is 20.4 Å². The second-order valence-electron chi connectivity index (χ2n) is 4.66. The lowest BCUT2D eigenvalue weighted by Gasteiger charge is -2.09. The van der Waals surface area contributed by atoms with Gasteiger partial charge in [0.1, 0.15) is 5.75 Å². The van der Waals surface area contributed by atoms with Crippen LogP contribution >= 0.6 is 0 Å². The van der Waals surface area contributed by atoms with Gasteiger partial charge in [0, 0.05) is 6.54 Å². The summed E-state index contributed by atoms with van der Waals surface area (Å²) in [5, 5.41) is 3.33. The van der Waals surface area contributed by atoms with Crippen LogP contribution in [0.2, 0.25) is 0 Å². The van der Waals surface area contributed by atoms with Crippen molar-refractivity contribution in [2.24, 2.45) is 0 Å². The summed E-state index contributed by atoms with van der Waals surface area (Å²) in [7, 11) is 1.70. The first-order valence-electron chi connectivity index (χ1n) is 6.69. The number of nitrogens with one attached hydrogen (secondary N) is 1. The number of rotatable bonds is 5. The Kier molecular flexibility index (Phi) is 4.58. The van der Waals surface area contributed by atoms with Gasteiger partial charge in [-0.25, -0.2) is 0 Å². The first-order chi connectivity index (χ1) is 9.24. The average molecular weight is 255 g/mol. The van der Waals surface area contributed by atoms with Gasteiger partial charge in [-0.3, -0.25) is 0 Å². The van der Waals surface area contributed by atoms with Gasteiger partial charge in [0.25, 0.3) is 0 Å². The van der Waals surface area contributed by atoms with Crippen LogP contribution in [0.4, 0.5) is 0 Å². The Morgan fingerprint density at radius 2 is 1.79 bits per heavy atom. The van der Waals surface area contributed by atoms with Gasteiger partial charge < -0.3 is 10.1 Å². The minimum Gasteiger partial charge on any atom is -0.497 e. The molecule has 0 aromatic heterocycles. The Hall–Kier alpha value is -1.80. The third kappa shape index (κ3) is 3.36. The zero-order valence-corrected chi connectivity index (χ0v) is 11.9. The van der Waals surface area contributed by atoms with E-state index in [9.17, 15) is 0 Å². The molecule has 19 heavy (non-hydrogen) atoms. The molecular formula is C17H21NO. The summed E-state index contributed by atoms with van der Waals surface area (Å²) in [6.45, 7) is 6.16. The van der Waals surface area contributed by atoms with Crippen molar-refractivity contribution in [3.8, 4) is 16.9 Å². The molecule has 0 saturated carbocycles. The molecule has 2 heteroatoms. The molecule has 0 aliphatic heterocycles. The highest BCUT2D eigenvalue weighted by Crippen LogP contribution is 2.26. The highest BCUT2D eigenvalue weighted by molar-refractivity contribution is 5.68. The van der Waals surface area contributed by atoms with E-state index in [2.05, 4.69) is 55.6 Å². The molecule has 0 heterocycles. The van der Waals surface area contributed by atoms with E-state index in [4.69, 9.17) is 4.74 Å². The summed E-state index contributed by atoms with van der Waals surface area (Å²) in [5.41, 5.74) is 5.06. The molecule has 2 aromatic rings. The van der Waals surface area contributed by atoms with Crippen LogP contribution in [0.5, 0.6) is 5.75 Å². The third-order valence-corrected chi connectivity index (χ3v) is 3.28. The Morgan fingerprint density at radius 3 is 2.37 bits per heavy atom. The molecule has 100 valence electrons. The Balaban J connectivity index is 2.22. The van der Waals surface area contributed by atoms with Crippen LogP contribution in [0.15, 0.2) is 42.5 Å². The standard InChI is InChI=1S/C17H21NO/c1-4-18-12-14-5-7-15(8-6-14)17-10-9-16(19-3)11-13(17)2/h5-11,18H,4,12H2,1-3H3. The maximum absolute atomic E-state index is 5.24. The first kappa shape index (κ1) is 13.6. The van der Waals surface area contributed by atoms with E-state index in [1.165, 1.54) is 22.3 Å². The zero-order chi connectivity index (χ0) is 13.7. The highest BCUT2D eigenvalue weighted by atomic mass is 16.5. The van der Waals surface area contributed by atoms with Crippen LogP contribution in [-0.2, 0) is 6.54 Å². The van der Waals surface area contributed by atoms with Crippen LogP contribution in [0, 0.1) is 6.92 Å². The third-order valence-electron chi connectivity index (χ3n) is 3.28. The predicted octanol–water partition coefficient (Wildman–Crippen LogP) is 3.78. The monoisotopic (exact) mass is 255 g/mol. The fourth-order valence-corrected chi connectivity index (χ4v) is 2.16. The summed E-state index contributed by atoms with van der Waals surface area (Å²) < 4.78 is 5.24. The lowest BCUT2D eigenvalue weighted by molar-refractivity contribution is 0.414. The number of aryl methyl sites for hydroxylation is 1. The van der Waals surface area contributed by atoms with E-state index in [1.54, 1.807) is 7.11 Å². The van der Waals surface area contributed by atoms with Crippen molar-refractivity contribution in [1.82, 2.24) is 5.32 Å². The Bertz CT molecular complexity index is 531. The maximum atomic E-state index is 5.24. The fraction of sp³-hybridized carbons (Fsp3) is 0.294. The molecule has 0 unspecified atom stereocenters. The van der Waals surface area contributed by atoms with Crippen molar-refractivity contribution >= 4 is 0 Å². The van der Waals surface area contributed by atoms with E-state index in [0.29, 0.717) is 0 Å². The van der Waals surface area contributed by atoms with E-state index in [-0.39, 0.29) is 0 Å².